The van der Waals surface area contributed by atoms with E-state index in [-0.39, 0.29) is 24.4 Å². The second-order valence-corrected chi connectivity index (χ2v) is 6.40. The first-order chi connectivity index (χ1) is 10.9. The Morgan fingerprint density at radius 2 is 2.00 bits per heavy atom. The van der Waals surface area contributed by atoms with Gasteiger partial charge >= 0.3 is 0 Å². The summed E-state index contributed by atoms with van der Waals surface area (Å²) in [5.74, 6) is 0. The number of rotatable bonds is 4. The molecule has 23 heavy (non-hydrogen) atoms. The maximum Gasteiger partial charge on any atom is 0.162 e. The predicted molar refractivity (Wildman–Crippen MR) is 85.0 cm³/mol. The van der Waals surface area contributed by atoms with Gasteiger partial charge in [-0.25, -0.2) is 0 Å². The Morgan fingerprint density at radius 3 is 2.70 bits per heavy atom. The number of dihydropyridines is 1. The third-order valence-corrected chi connectivity index (χ3v) is 4.31. The second kappa shape index (κ2) is 6.20. The molecule has 0 aromatic carbocycles. The average Bonchev–Trinajstić information content (AvgIpc) is 3.02. The minimum atomic E-state index is -1.08. The molecule has 3 rings (SSSR count). The summed E-state index contributed by atoms with van der Waals surface area (Å²) < 4.78 is 11.6. The molecule has 0 radical (unpaired) electrons. The van der Waals surface area contributed by atoms with Gasteiger partial charge in [0.15, 0.2) is 12.4 Å². The lowest BCUT2D eigenvalue weighted by Crippen LogP contribution is -2.49. The molecule has 1 saturated heterocycles. The molecule has 4 N–H and O–H groups in total. The second-order valence-electron chi connectivity index (χ2n) is 6.40. The zero-order valence-electron chi connectivity index (χ0n) is 13.5. The number of hydrogen-bond donors (Lipinski definition) is 3. The Hall–Kier alpha value is -1.48. The van der Waals surface area contributed by atoms with Crippen LogP contribution in [0.4, 0.5) is 0 Å². The number of nitrogens with zero attached hydrogens (tertiary/aromatic N) is 3. The first-order valence-corrected chi connectivity index (χ1v) is 7.86. The average molecular weight is 324 g/mol. The van der Waals surface area contributed by atoms with Gasteiger partial charge in [0.2, 0.25) is 0 Å². The molecule has 0 spiro atoms. The van der Waals surface area contributed by atoms with Gasteiger partial charge in [-0.15, -0.1) is 0 Å². The number of fused-ring (bicyclic) bond motifs is 1. The maximum atomic E-state index is 10.4. The van der Waals surface area contributed by atoms with Crippen LogP contribution >= 0.6 is 0 Å². The van der Waals surface area contributed by atoms with E-state index >= 15 is 0 Å². The van der Waals surface area contributed by atoms with Crippen molar-refractivity contribution in [3.63, 3.8) is 0 Å². The van der Waals surface area contributed by atoms with E-state index in [1.807, 2.05) is 20.8 Å². The van der Waals surface area contributed by atoms with E-state index in [1.165, 1.54) is 0 Å². The van der Waals surface area contributed by atoms with Gasteiger partial charge in [0.05, 0.1) is 18.5 Å². The largest absolute Gasteiger partial charge is 0.400 e. The van der Waals surface area contributed by atoms with Crippen LogP contribution in [0.15, 0.2) is 21.8 Å². The first-order valence-electron chi connectivity index (χ1n) is 7.86. The first kappa shape index (κ1) is 16.4. The molecule has 1 fully saturated rings. The quantitative estimate of drug-likeness (QED) is 0.625. The number of aliphatic hydroxyl groups excluding tert-OH is 2. The SMILES string of the molecule is CC(C)OC(C)[C@H]1O[C@@H](N2C=NC3C(N)=CC=NC32)[C@H](O)[C@@H]1O. The van der Waals surface area contributed by atoms with Crippen LogP contribution in [0.3, 0.4) is 0 Å². The van der Waals surface area contributed by atoms with E-state index in [4.69, 9.17) is 15.2 Å². The molecule has 0 aromatic rings. The zero-order valence-corrected chi connectivity index (χ0v) is 13.5. The molecule has 3 aliphatic heterocycles. The summed E-state index contributed by atoms with van der Waals surface area (Å²) in [6.45, 7) is 5.65. The van der Waals surface area contributed by atoms with Crippen molar-refractivity contribution in [3.8, 4) is 0 Å². The number of allylic oxidation sites excluding steroid dienone is 1. The lowest BCUT2D eigenvalue weighted by atomic mass is 10.1. The molecule has 8 heteroatoms. The van der Waals surface area contributed by atoms with Crippen molar-refractivity contribution in [3.05, 3.63) is 11.8 Å². The van der Waals surface area contributed by atoms with Crippen molar-refractivity contribution < 1.29 is 19.7 Å². The number of nitrogens with two attached hydrogens (primary N) is 1. The van der Waals surface area contributed by atoms with Crippen LogP contribution in [0.1, 0.15) is 20.8 Å². The Labute approximate surface area is 135 Å². The zero-order chi connectivity index (χ0) is 16.7. The molecular weight excluding hydrogens is 300 g/mol. The van der Waals surface area contributed by atoms with Crippen molar-refractivity contribution in [1.82, 2.24) is 4.90 Å². The fourth-order valence-corrected chi connectivity index (χ4v) is 3.23. The van der Waals surface area contributed by atoms with Crippen molar-refractivity contribution in [1.29, 1.82) is 0 Å². The van der Waals surface area contributed by atoms with E-state index in [0.717, 1.165) is 0 Å². The number of aliphatic imine (C=N–C) groups is 2. The highest BCUT2D eigenvalue weighted by atomic mass is 16.6. The summed E-state index contributed by atoms with van der Waals surface area (Å²) in [6, 6.07) is -0.281. The van der Waals surface area contributed by atoms with E-state index in [1.54, 1.807) is 23.5 Å². The van der Waals surface area contributed by atoms with Gasteiger partial charge in [-0.2, -0.15) is 0 Å². The fraction of sp³-hybridized carbons (Fsp3) is 0.733. The summed E-state index contributed by atoms with van der Waals surface area (Å²) in [5.41, 5.74) is 6.55. The molecule has 8 nitrogen and oxygen atoms in total. The van der Waals surface area contributed by atoms with Crippen molar-refractivity contribution in [2.24, 2.45) is 15.7 Å². The Balaban J connectivity index is 1.73. The molecule has 3 heterocycles. The van der Waals surface area contributed by atoms with Crippen LogP contribution in [0.25, 0.3) is 0 Å². The van der Waals surface area contributed by atoms with E-state index < -0.39 is 24.5 Å². The van der Waals surface area contributed by atoms with E-state index in [0.29, 0.717) is 5.70 Å². The maximum absolute atomic E-state index is 10.4. The van der Waals surface area contributed by atoms with Gasteiger partial charge < -0.3 is 30.3 Å². The Kier molecular flexibility index (Phi) is 4.41. The number of hydrogen-bond acceptors (Lipinski definition) is 8. The topological polar surface area (TPSA) is 113 Å². The summed E-state index contributed by atoms with van der Waals surface area (Å²) in [6.07, 6.45) is 0.736. The predicted octanol–water partition coefficient (Wildman–Crippen LogP) is -0.788. The minimum absolute atomic E-state index is 0.00241. The van der Waals surface area contributed by atoms with Crippen LogP contribution in [-0.4, -0.2) is 76.6 Å². The van der Waals surface area contributed by atoms with Gasteiger partial charge in [0.25, 0.3) is 0 Å². The summed E-state index contributed by atoms with van der Waals surface area (Å²) in [7, 11) is 0. The highest BCUT2D eigenvalue weighted by Gasteiger charge is 2.51. The number of aliphatic hydroxyl groups is 2. The molecule has 3 unspecified atom stereocenters. The molecule has 0 saturated carbocycles. The van der Waals surface area contributed by atoms with Gasteiger partial charge in [0, 0.05) is 11.9 Å². The summed E-state index contributed by atoms with van der Waals surface area (Å²) in [5, 5.41) is 20.7. The smallest absolute Gasteiger partial charge is 0.162 e. The van der Waals surface area contributed by atoms with E-state index in [9.17, 15) is 10.2 Å². The lowest BCUT2D eigenvalue weighted by Gasteiger charge is -2.32. The lowest BCUT2D eigenvalue weighted by molar-refractivity contribution is -0.124. The normalized spacial score (nSPS) is 40.6. The van der Waals surface area contributed by atoms with Crippen LogP contribution in [0, 0.1) is 0 Å². The molecule has 128 valence electrons. The highest BCUT2D eigenvalue weighted by Crippen LogP contribution is 2.32. The molecule has 3 aliphatic rings. The number of ether oxygens (including phenoxy) is 2. The molecule has 0 aliphatic carbocycles. The molecular formula is C15H24N4O4. The van der Waals surface area contributed by atoms with E-state index in [2.05, 4.69) is 9.98 Å². The van der Waals surface area contributed by atoms with Gasteiger partial charge in [-0.3, -0.25) is 9.98 Å². The molecule has 7 atom stereocenters. The Bertz CT molecular complexity index is 536. The summed E-state index contributed by atoms with van der Waals surface area (Å²) in [4.78, 5) is 10.4. The van der Waals surface area contributed by atoms with Crippen molar-refractivity contribution >= 4 is 12.6 Å². The van der Waals surface area contributed by atoms with Crippen molar-refractivity contribution in [2.45, 2.75) is 69.7 Å². The van der Waals surface area contributed by atoms with Gasteiger partial charge in [0.1, 0.15) is 24.4 Å². The van der Waals surface area contributed by atoms with Gasteiger partial charge in [-0.1, -0.05) is 0 Å². The van der Waals surface area contributed by atoms with Gasteiger partial charge in [-0.05, 0) is 26.8 Å². The highest BCUT2D eigenvalue weighted by molar-refractivity contribution is 5.76. The van der Waals surface area contributed by atoms with Crippen LogP contribution in [-0.2, 0) is 9.47 Å². The molecule has 0 amide bonds. The standard InChI is InChI=1S/C15H24N4O4/c1-7(2)22-8(3)13-11(20)12(21)15(23-13)19-6-18-10-9(16)4-5-17-14(10)19/h4-8,10-15,20-21H,16H2,1-3H3/t8?,10?,11-,12+,13+,14?,15+/m0/s1. The van der Waals surface area contributed by atoms with Crippen molar-refractivity contribution in [2.75, 3.05) is 0 Å². The van der Waals surface area contributed by atoms with Crippen LogP contribution < -0.4 is 5.73 Å². The monoisotopic (exact) mass is 324 g/mol. The molecule has 0 bridgehead atoms. The molecule has 0 aromatic heterocycles. The third-order valence-electron chi connectivity index (χ3n) is 4.31. The minimum Gasteiger partial charge on any atom is -0.400 e. The third kappa shape index (κ3) is 2.87. The summed E-state index contributed by atoms with van der Waals surface area (Å²) >= 11 is 0. The Morgan fingerprint density at radius 1 is 1.26 bits per heavy atom. The van der Waals surface area contributed by atoms with Crippen LogP contribution in [0.5, 0.6) is 0 Å². The fourth-order valence-electron chi connectivity index (χ4n) is 3.23. The van der Waals surface area contributed by atoms with Crippen LogP contribution in [0.2, 0.25) is 0 Å².